The highest BCUT2D eigenvalue weighted by atomic mass is 19.1. The van der Waals surface area contributed by atoms with E-state index in [1.807, 2.05) is 18.2 Å². The number of hydrogen-bond donors (Lipinski definition) is 0. The average molecular weight is 307 g/mol. The summed E-state index contributed by atoms with van der Waals surface area (Å²) in [5.74, 6) is -0.876. The molecule has 2 aromatic carbocycles. The first-order chi connectivity index (χ1) is 11.2. The summed E-state index contributed by atoms with van der Waals surface area (Å²) in [6.07, 6.45) is 3.50. The van der Waals surface area contributed by atoms with Crippen molar-refractivity contribution in [3.63, 3.8) is 0 Å². The molecule has 0 aromatic heterocycles. The molecule has 0 saturated carbocycles. The quantitative estimate of drug-likeness (QED) is 0.792. The van der Waals surface area contributed by atoms with Crippen LogP contribution in [0, 0.1) is 17.1 Å². The summed E-state index contributed by atoms with van der Waals surface area (Å²) >= 11 is 0. The number of esters is 1. The molecule has 0 unspecified atom stereocenters. The summed E-state index contributed by atoms with van der Waals surface area (Å²) in [7, 11) is 1.32. The van der Waals surface area contributed by atoms with E-state index in [0.29, 0.717) is 11.1 Å². The van der Waals surface area contributed by atoms with Gasteiger partial charge in [-0.3, -0.25) is 0 Å². The number of nitrogens with zero attached hydrogens (tertiary/aromatic N) is 1. The van der Waals surface area contributed by atoms with Crippen LogP contribution in [0.3, 0.4) is 0 Å². The maximum absolute atomic E-state index is 14.4. The average Bonchev–Trinajstić information content (AvgIpc) is 2.60. The Labute approximate surface area is 133 Å². The molecule has 0 bridgehead atoms. The smallest absolute Gasteiger partial charge is 0.337 e. The molecule has 2 aromatic rings. The van der Waals surface area contributed by atoms with Crippen LogP contribution in [0.15, 0.2) is 42.5 Å². The Morgan fingerprint density at radius 1 is 1.30 bits per heavy atom. The lowest BCUT2D eigenvalue weighted by atomic mass is 9.84. The maximum atomic E-state index is 14.4. The van der Waals surface area contributed by atoms with Gasteiger partial charge in [0.25, 0.3) is 0 Å². The van der Waals surface area contributed by atoms with Crippen molar-refractivity contribution in [2.75, 3.05) is 7.11 Å². The Balaban J connectivity index is 2.20. The molecule has 1 aliphatic rings. The topological polar surface area (TPSA) is 50.1 Å². The zero-order valence-electron chi connectivity index (χ0n) is 12.6. The molecule has 0 aliphatic heterocycles. The van der Waals surface area contributed by atoms with Gasteiger partial charge in [0.15, 0.2) is 0 Å². The second kappa shape index (κ2) is 6.05. The van der Waals surface area contributed by atoms with Crippen LogP contribution < -0.4 is 0 Å². The number of hydrogen-bond acceptors (Lipinski definition) is 3. The van der Waals surface area contributed by atoms with Crippen molar-refractivity contribution in [1.29, 1.82) is 5.26 Å². The molecule has 0 fully saturated rings. The van der Waals surface area contributed by atoms with Crippen molar-refractivity contribution in [2.45, 2.75) is 12.8 Å². The van der Waals surface area contributed by atoms with Crippen LogP contribution in [0.2, 0.25) is 0 Å². The number of fused-ring (bicyclic) bond motifs is 1. The summed E-state index contributed by atoms with van der Waals surface area (Å²) in [6, 6.07) is 11.8. The number of ether oxygens (including phenoxy) is 1. The summed E-state index contributed by atoms with van der Waals surface area (Å²) in [5.41, 5.74) is 3.45. The molecule has 0 N–H and O–H groups in total. The number of rotatable bonds is 2. The molecule has 0 saturated heterocycles. The summed E-state index contributed by atoms with van der Waals surface area (Å²) < 4.78 is 19.1. The van der Waals surface area contributed by atoms with Gasteiger partial charge in [0.05, 0.1) is 24.3 Å². The van der Waals surface area contributed by atoms with Crippen LogP contribution in [0.1, 0.15) is 39.0 Å². The fourth-order valence-corrected chi connectivity index (χ4v) is 2.90. The van der Waals surface area contributed by atoms with Gasteiger partial charge >= 0.3 is 5.97 Å². The number of nitriles is 1. The molecule has 0 amide bonds. The highest BCUT2D eigenvalue weighted by Gasteiger charge is 2.21. The predicted octanol–water partition coefficient (Wildman–Crippen LogP) is 3.86. The fourth-order valence-electron chi connectivity index (χ4n) is 2.90. The maximum Gasteiger partial charge on any atom is 0.337 e. The zero-order chi connectivity index (χ0) is 16.4. The minimum absolute atomic E-state index is 0.285. The number of benzene rings is 2. The van der Waals surface area contributed by atoms with Gasteiger partial charge in [-0.25, -0.2) is 9.18 Å². The van der Waals surface area contributed by atoms with Crippen molar-refractivity contribution < 1.29 is 13.9 Å². The SMILES string of the molecule is COC(=O)c1ccc2c(c1)C(c1c(F)cccc1C#N)=CCC2. The molecule has 4 heteroatoms. The van der Waals surface area contributed by atoms with E-state index in [4.69, 9.17) is 4.74 Å². The largest absolute Gasteiger partial charge is 0.465 e. The third kappa shape index (κ3) is 2.62. The van der Waals surface area contributed by atoms with E-state index in [1.165, 1.54) is 19.2 Å². The van der Waals surface area contributed by atoms with Crippen LogP contribution in [-0.4, -0.2) is 13.1 Å². The summed E-state index contributed by atoms with van der Waals surface area (Å²) in [4.78, 5) is 11.8. The molecule has 0 atom stereocenters. The van der Waals surface area contributed by atoms with Crippen molar-refractivity contribution >= 4 is 11.5 Å². The van der Waals surface area contributed by atoms with Gasteiger partial charge in [-0.05, 0) is 53.8 Å². The molecule has 3 nitrogen and oxygen atoms in total. The third-order valence-corrected chi connectivity index (χ3v) is 3.99. The van der Waals surface area contributed by atoms with Gasteiger partial charge < -0.3 is 4.74 Å². The van der Waals surface area contributed by atoms with Gasteiger partial charge in [-0.2, -0.15) is 5.26 Å². The molecule has 0 radical (unpaired) electrons. The lowest BCUT2D eigenvalue weighted by Gasteiger charge is -2.20. The Bertz CT molecular complexity index is 862. The van der Waals surface area contributed by atoms with Gasteiger partial charge in [0.1, 0.15) is 5.82 Å². The lowest BCUT2D eigenvalue weighted by Crippen LogP contribution is -2.08. The summed E-state index contributed by atoms with van der Waals surface area (Å²) in [6.45, 7) is 0. The lowest BCUT2D eigenvalue weighted by molar-refractivity contribution is 0.0600. The highest BCUT2D eigenvalue weighted by molar-refractivity contribution is 5.93. The number of halogens is 1. The van der Waals surface area contributed by atoms with E-state index in [2.05, 4.69) is 0 Å². The molecular formula is C19H14FNO2. The van der Waals surface area contributed by atoms with Crippen LogP contribution in [0.25, 0.3) is 5.57 Å². The van der Waals surface area contributed by atoms with Gasteiger partial charge in [0, 0.05) is 5.56 Å². The van der Waals surface area contributed by atoms with Crippen molar-refractivity contribution in [3.05, 3.63) is 76.1 Å². The fraction of sp³-hybridized carbons (Fsp3) is 0.158. The third-order valence-electron chi connectivity index (χ3n) is 3.99. The summed E-state index contributed by atoms with van der Waals surface area (Å²) in [5, 5.41) is 9.28. The molecule has 0 heterocycles. The first-order valence-corrected chi connectivity index (χ1v) is 7.26. The van der Waals surface area contributed by atoms with Crippen LogP contribution in [0.5, 0.6) is 0 Å². The molecule has 0 spiro atoms. The second-order valence-electron chi connectivity index (χ2n) is 5.29. The number of carbonyl (C=O) groups is 1. The Morgan fingerprint density at radius 3 is 2.87 bits per heavy atom. The molecule has 3 rings (SSSR count). The molecule has 23 heavy (non-hydrogen) atoms. The minimum atomic E-state index is -0.438. The van der Waals surface area contributed by atoms with E-state index in [9.17, 15) is 14.4 Å². The van der Waals surface area contributed by atoms with Gasteiger partial charge in [-0.15, -0.1) is 0 Å². The van der Waals surface area contributed by atoms with Gasteiger partial charge in [0.2, 0.25) is 0 Å². The van der Waals surface area contributed by atoms with Crippen molar-refractivity contribution in [1.82, 2.24) is 0 Å². The Morgan fingerprint density at radius 2 is 2.13 bits per heavy atom. The van der Waals surface area contributed by atoms with E-state index >= 15 is 0 Å². The molecular weight excluding hydrogens is 293 g/mol. The molecule has 114 valence electrons. The molecule has 1 aliphatic carbocycles. The number of aryl methyl sites for hydroxylation is 1. The van der Waals surface area contributed by atoms with Crippen LogP contribution in [0.4, 0.5) is 4.39 Å². The Kier molecular flexibility index (Phi) is 3.94. The van der Waals surface area contributed by atoms with E-state index in [0.717, 1.165) is 24.0 Å². The van der Waals surface area contributed by atoms with Crippen LogP contribution >= 0.6 is 0 Å². The van der Waals surface area contributed by atoms with Crippen LogP contribution in [-0.2, 0) is 11.2 Å². The van der Waals surface area contributed by atoms with E-state index < -0.39 is 11.8 Å². The van der Waals surface area contributed by atoms with E-state index in [-0.39, 0.29) is 11.1 Å². The standard InChI is InChI=1S/C19H14FNO2/c1-23-19(22)13-9-8-12-4-2-6-15(16(12)10-13)18-14(11-21)5-3-7-17(18)20/h3,5-10H,2,4H2,1H3. The van der Waals surface area contributed by atoms with E-state index in [1.54, 1.807) is 18.2 Å². The minimum Gasteiger partial charge on any atom is -0.465 e. The Hall–Kier alpha value is -2.93. The van der Waals surface area contributed by atoms with Crippen molar-refractivity contribution in [3.8, 4) is 6.07 Å². The highest BCUT2D eigenvalue weighted by Crippen LogP contribution is 2.35. The zero-order valence-corrected chi connectivity index (χ0v) is 12.6. The second-order valence-corrected chi connectivity index (χ2v) is 5.29. The monoisotopic (exact) mass is 307 g/mol. The first kappa shape index (κ1) is 15.0. The van der Waals surface area contributed by atoms with Crippen molar-refractivity contribution in [2.24, 2.45) is 0 Å². The number of carbonyl (C=O) groups excluding carboxylic acids is 1. The normalized spacial score (nSPS) is 12.8. The number of allylic oxidation sites excluding steroid dienone is 1. The predicted molar refractivity (Wildman–Crippen MR) is 84.3 cm³/mol. The number of methoxy groups -OCH3 is 1. The first-order valence-electron chi connectivity index (χ1n) is 7.26. The van der Waals surface area contributed by atoms with Gasteiger partial charge in [-0.1, -0.05) is 18.2 Å².